The number of aromatic nitrogens is 2. The molecule has 0 atom stereocenters. The van der Waals surface area contributed by atoms with Crippen LogP contribution in [0.4, 0.5) is 11.6 Å². The van der Waals surface area contributed by atoms with E-state index >= 15 is 0 Å². The zero-order valence-electron chi connectivity index (χ0n) is 15.4. The highest BCUT2D eigenvalue weighted by Gasteiger charge is 2.29. The first-order chi connectivity index (χ1) is 11.0. The highest BCUT2D eigenvalue weighted by molar-refractivity contribution is 5.98. The number of carbonyl (C=O) groups excluding carboxylic acids is 1. The van der Waals surface area contributed by atoms with Crippen LogP contribution in [-0.4, -0.2) is 33.2 Å². The average Bonchev–Trinajstić information content (AvgIpc) is 2.79. The molecule has 0 aliphatic rings. The maximum atomic E-state index is 12.6. The molecule has 0 unspecified atom stereocenters. The van der Waals surface area contributed by atoms with Gasteiger partial charge in [0, 0.05) is 18.2 Å². The van der Waals surface area contributed by atoms with E-state index < -0.39 is 11.0 Å². The van der Waals surface area contributed by atoms with Gasteiger partial charge in [0.25, 0.3) is 0 Å². The van der Waals surface area contributed by atoms with Crippen molar-refractivity contribution in [2.45, 2.75) is 53.2 Å². The highest BCUT2D eigenvalue weighted by Crippen LogP contribution is 2.29. The van der Waals surface area contributed by atoms with E-state index in [-0.39, 0.29) is 5.91 Å². The first-order valence-electron chi connectivity index (χ1n) is 8.22. The zero-order valence-corrected chi connectivity index (χ0v) is 15.4. The molecule has 24 heavy (non-hydrogen) atoms. The number of anilines is 2. The lowest BCUT2D eigenvalue weighted by Crippen LogP contribution is -2.38. The lowest BCUT2D eigenvalue weighted by molar-refractivity contribution is -0.126. The SMILES string of the molecule is CCC(C)(C)C(=O)N(C)c1ccc2c(c1)nc(N)n2CC(C)(C)O. The van der Waals surface area contributed by atoms with Gasteiger partial charge < -0.3 is 20.3 Å². The van der Waals surface area contributed by atoms with Gasteiger partial charge in [0.05, 0.1) is 23.2 Å². The Morgan fingerprint density at radius 1 is 1.33 bits per heavy atom. The van der Waals surface area contributed by atoms with Gasteiger partial charge in [0.2, 0.25) is 11.9 Å². The second-order valence-corrected chi connectivity index (χ2v) is 7.64. The van der Waals surface area contributed by atoms with E-state index in [2.05, 4.69) is 4.98 Å². The molecule has 0 aliphatic carbocycles. The fourth-order valence-electron chi connectivity index (χ4n) is 2.62. The molecule has 0 radical (unpaired) electrons. The number of rotatable bonds is 5. The van der Waals surface area contributed by atoms with Crippen molar-refractivity contribution in [1.82, 2.24) is 9.55 Å². The van der Waals surface area contributed by atoms with Crippen molar-refractivity contribution >= 4 is 28.6 Å². The number of nitrogen functional groups attached to an aromatic ring is 1. The minimum Gasteiger partial charge on any atom is -0.389 e. The summed E-state index contributed by atoms with van der Waals surface area (Å²) in [6.07, 6.45) is 0.769. The molecule has 132 valence electrons. The second-order valence-electron chi connectivity index (χ2n) is 7.64. The third-order valence-corrected chi connectivity index (χ3v) is 4.46. The molecule has 0 bridgehead atoms. The van der Waals surface area contributed by atoms with Crippen molar-refractivity contribution in [3.05, 3.63) is 18.2 Å². The summed E-state index contributed by atoms with van der Waals surface area (Å²) in [5.74, 6) is 0.417. The standard InChI is InChI=1S/C18H28N4O2/c1-7-17(2,3)15(23)21(6)12-8-9-14-13(10-12)20-16(19)22(14)11-18(4,5)24/h8-10,24H,7,11H2,1-6H3,(H2,19,20). The van der Waals surface area contributed by atoms with Gasteiger partial charge >= 0.3 is 0 Å². The van der Waals surface area contributed by atoms with Gasteiger partial charge in [-0.15, -0.1) is 0 Å². The molecule has 1 heterocycles. The van der Waals surface area contributed by atoms with E-state index in [9.17, 15) is 9.90 Å². The molecule has 1 aromatic heterocycles. The highest BCUT2D eigenvalue weighted by atomic mass is 16.3. The molecule has 0 aliphatic heterocycles. The summed E-state index contributed by atoms with van der Waals surface area (Å²) < 4.78 is 1.79. The van der Waals surface area contributed by atoms with Crippen LogP contribution < -0.4 is 10.6 Å². The number of nitrogens with zero attached hydrogens (tertiary/aromatic N) is 3. The van der Waals surface area contributed by atoms with Gasteiger partial charge in [-0.3, -0.25) is 4.79 Å². The molecule has 2 rings (SSSR count). The normalized spacial score (nSPS) is 12.6. The van der Waals surface area contributed by atoms with Crippen molar-refractivity contribution in [2.75, 3.05) is 17.7 Å². The molecule has 3 N–H and O–H groups in total. The van der Waals surface area contributed by atoms with Crippen molar-refractivity contribution < 1.29 is 9.90 Å². The first kappa shape index (κ1) is 18.3. The average molecular weight is 332 g/mol. The Kier molecular flexibility index (Phi) is 4.63. The molecular formula is C18H28N4O2. The van der Waals surface area contributed by atoms with E-state index in [0.717, 1.165) is 17.6 Å². The van der Waals surface area contributed by atoms with Crippen LogP contribution in [0.15, 0.2) is 18.2 Å². The second kappa shape index (κ2) is 6.09. The summed E-state index contributed by atoms with van der Waals surface area (Å²) in [7, 11) is 1.78. The molecule has 0 fully saturated rings. The van der Waals surface area contributed by atoms with Crippen molar-refractivity contribution in [1.29, 1.82) is 0 Å². The third kappa shape index (κ3) is 3.53. The lowest BCUT2D eigenvalue weighted by atomic mass is 9.88. The summed E-state index contributed by atoms with van der Waals surface area (Å²) in [5, 5.41) is 10.0. The largest absolute Gasteiger partial charge is 0.389 e. The summed E-state index contributed by atoms with van der Waals surface area (Å²) in [6, 6.07) is 5.63. The van der Waals surface area contributed by atoms with E-state index in [1.807, 2.05) is 39.0 Å². The van der Waals surface area contributed by atoms with E-state index in [1.54, 1.807) is 30.4 Å². The smallest absolute Gasteiger partial charge is 0.232 e. The van der Waals surface area contributed by atoms with Crippen LogP contribution >= 0.6 is 0 Å². The maximum absolute atomic E-state index is 12.6. The molecule has 1 amide bonds. The number of hydrogen-bond donors (Lipinski definition) is 2. The Balaban J connectivity index is 2.41. The van der Waals surface area contributed by atoms with Gasteiger partial charge in [-0.05, 0) is 38.5 Å². The molecule has 6 nitrogen and oxygen atoms in total. The summed E-state index contributed by atoms with van der Waals surface area (Å²) in [5.41, 5.74) is 7.03. The molecule has 1 aromatic carbocycles. The van der Waals surface area contributed by atoms with Crippen molar-refractivity contribution in [3.63, 3.8) is 0 Å². The van der Waals surface area contributed by atoms with Gasteiger partial charge in [-0.25, -0.2) is 4.98 Å². The third-order valence-electron chi connectivity index (χ3n) is 4.46. The number of amides is 1. The number of aliphatic hydroxyl groups is 1. The van der Waals surface area contributed by atoms with Gasteiger partial charge in [-0.2, -0.15) is 0 Å². The minimum absolute atomic E-state index is 0.0632. The maximum Gasteiger partial charge on any atom is 0.232 e. The van der Waals surface area contributed by atoms with Crippen LogP contribution in [0.1, 0.15) is 41.0 Å². The van der Waals surface area contributed by atoms with Gasteiger partial charge in [0.1, 0.15) is 0 Å². The minimum atomic E-state index is -0.891. The van der Waals surface area contributed by atoms with E-state index in [0.29, 0.717) is 18.0 Å². The van der Waals surface area contributed by atoms with Crippen LogP contribution in [0.2, 0.25) is 0 Å². The Labute approximate surface area is 143 Å². The first-order valence-corrected chi connectivity index (χ1v) is 8.22. The number of fused-ring (bicyclic) bond motifs is 1. The Morgan fingerprint density at radius 3 is 2.50 bits per heavy atom. The van der Waals surface area contributed by atoms with Gasteiger partial charge in [-0.1, -0.05) is 20.8 Å². The lowest BCUT2D eigenvalue weighted by Gasteiger charge is -2.28. The topological polar surface area (TPSA) is 84.4 Å². The summed E-state index contributed by atoms with van der Waals surface area (Å²) >= 11 is 0. The predicted molar refractivity (Wildman–Crippen MR) is 97.9 cm³/mol. The summed E-state index contributed by atoms with van der Waals surface area (Å²) in [4.78, 5) is 18.7. The molecule has 6 heteroatoms. The van der Waals surface area contributed by atoms with Crippen molar-refractivity contribution in [2.24, 2.45) is 5.41 Å². The van der Waals surface area contributed by atoms with Crippen LogP contribution in [0.5, 0.6) is 0 Å². The fraction of sp³-hybridized carbons (Fsp3) is 0.556. The summed E-state index contributed by atoms with van der Waals surface area (Å²) in [6.45, 7) is 9.71. The van der Waals surface area contributed by atoms with Crippen LogP contribution in [-0.2, 0) is 11.3 Å². The quantitative estimate of drug-likeness (QED) is 0.882. The van der Waals surface area contributed by atoms with Gasteiger partial charge in [0.15, 0.2) is 0 Å². The van der Waals surface area contributed by atoms with Crippen LogP contribution in [0.25, 0.3) is 11.0 Å². The molecule has 0 saturated carbocycles. The monoisotopic (exact) mass is 332 g/mol. The molecule has 0 saturated heterocycles. The Bertz CT molecular complexity index is 756. The number of imidazole rings is 1. The van der Waals surface area contributed by atoms with Crippen LogP contribution in [0, 0.1) is 5.41 Å². The molecule has 2 aromatic rings. The number of hydrogen-bond acceptors (Lipinski definition) is 4. The van der Waals surface area contributed by atoms with E-state index in [1.165, 1.54) is 0 Å². The Hall–Kier alpha value is -2.08. The predicted octanol–water partition coefficient (Wildman–Crippen LogP) is 2.79. The zero-order chi connectivity index (χ0) is 18.3. The van der Waals surface area contributed by atoms with Crippen LogP contribution in [0.3, 0.4) is 0 Å². The molecule has 0 spiro atoms. The van der Waals surface area contributed by atoms with Crippen molar-refractivity contribution in [3.8, 4) is 0 Å². The fourth-order valence-corrected chi connectivity index (χ4v) is 2.62. The molecular weight excluding hydrogens is 304 g/mol. The Morgan fingerprint density at radius 2 is 1.96 bits per heavy atom. The number of nitrogens with two attached hydrogens (primary N) is 1. The number of carbonyl (C=O) groups is 1. The number of benzene rings is 1. The van der Waals surface area contributed by atoms with E-state index in [4.69, 9.17) is 5.73 Å².